The van der Waals surface area contributed by atoms with E-state index in [2.05, 4.69) is 5.32 Å². The first-order chi connectivity index (χ1) is 13.3. The van der Waals surface area contributed by atoms with Crippen LogP contribution in [0.5, 0.6) is 0 Å². The number of hydrogen-bond donors (Lipinski definition) is 1. The van der Waals surface area contributed by atoms with Gasteiger partial charge in [0.2, 0.25) is 5.91 Å². The molecule has 146 valence electrons. The summed E-state index contributed by atoms with van der Waals surface area (Å²) in [6, 6.07) is 9.93. The SMILES string of the molecule is Cc1cc(C)c(C2C(=O)CC(CC(=O)NCc3cccc(F)c3)C2=O)c(C)c1. The highest BCUT2D eigenvalue weighted by atomic mass is 19.1. The number of carbonyl (C=O) groups excluding carboxylic acids is 3. The number of rotatable bonds is 5. The lowest BCUT2D eigenvalue weighted by atomic mass is 9.86. The summed E-state index contributed by atoms with van der Waals surface area (Å²) in [5.74, 6) is -2.36. The number of ketones is 2. The number of aryl methyl sites for hydroxylation is 3. The Balaban J connectivity index is 1.67. The molecule has 0 aliphatic heterocycles. The maximum atomic E-state index is 13.2. The number of hydrogen-bond acceptors (Lipinski definition) is 3. The number of nitrogens with one attached hydrogen (secondary N) is 1. The second-order valence-corrected chi connectivity index (χ2v) is 7.63. The van der Waals surface area contributed by atoms with Gasteiger partial charge in [-0.2, -0.15) is 0 Å². The molecule has 5 heteroatoms. The highest BCUT2D eigenvalue weighted by molar-refractivity contribution is 6.15. The lowest BCUT2D eigenvalue weighted by Crippen LogP contribution is -2.27. The lowest BCUT2D eigenvalue weighted by Gasteiger charge is -2.16. The van der Waals surface area contributed by atoms with Crippen LogP contribution in [-0.4, -0.2) is 17.5 Å². The predicted molar refractivity (Wildman–Crippen MR) is 104 cm³/mol. The fourth-order valence-corrected chi connectivity index (χ4v) is 4.12. The maximum Gasteiger partial charge on any atom is 0.221 e. The molecule has 0 aromatic heterocycles. The van der Waals surface area contributed by atoms with Crippen molar-refractivity contribution in [3.8, 4) is 0 Å². The minimum Gasteiger partial charge on any atom is -0.352 e. The largest absolute Gasteiger partial charge is 0.352 e. The molecule has 2 aromatic rings. The Bertz CT molecular complexity index is 928. The van der Waals surface area contributed by atoms with Gasteiger partial charge in [-0.3, -0.25) is 14.4 Å². The van der Waals surface area contributed by atoms with Gasteiger partial charge < -0.3 is 5.32 Å². The van der Waals surface area contributed by atoms with Gasteiger partial charge >= 0.3 is 0 Å². The first kappa shape index (κ1) is 19.9. The first-order valence-electron chi connectivity index (χ1n) is 9.41. The summed E-state index contributed by atoms with van der Waals surface area (Å²) in [6.07, 6.45) is 0.0595. The second kappa shape index (κ2) is 8.05. The molecular weight excluding hydrogens is 357 g/mol. The molecule has 3 rings (SSSR count). The zero-order valence-electron chi connectivity index (χ0n) is 16.3. The zero-order valence-corrected chi connectivity index (χ0v) is 16.3. The van der Waals surface area contributed by atoms with Gasteiger partial charge in [0, 0.05) is 25.3 Å². The third-order valence-corrected chi connectivity index (χ3v) is 5.29. The van der Waals surface area contributed by atoms with Gasteiger partial charge in [-0.15, -0.1) is 0 Å². The fourth-order valence-electron chi connectivity index (χ4n) is 4.12. The van der Waals surface area contributed by atoms with Crippen molar-refractivity contribution in [2.45, 2.75) is 46.1 Å². The molecule has 0 bridgehead atoms. The molecular formula is C23H24FNO3. The van der Waals surface area contributed by atoms with Crippen LogP contribution in [0.25, 0.3) is 0 Å². The molecule has 1 saturated carbocycles. The van der Waals surface area contributed by atoms with Gasteiger partial charge in [0.25, 0.3) is 0 Å². The van der Waals surface area contributed by atoms with Crippen molar-refractivity contribution >= 4 is 17.5 Å². The summed E-state index contributed by atoms with van der Waals surface area (Å²) < 4.78 is 13.2. The average Bonchev–Trinajstić information content (AvgIpc) is 2.87. The average molecular weight is 381 g/mol. The molecule has 1 aliphatic rings. The first-order valence-corrected chi connectivity index (χ1v) is 9.41. The van der Waals surface area contributed by atoms with Crippen LogP contribution in [0.4, 0.5) is 4.39 Å². The van der Waals surface area contributed by atoms with Crippen LogP contribution in [-0.2, 0) is 20.9 Å². The van der Waals surface area contributed by atoms with Crippen LogP contribution in [0, 0.1) is 32.5 Å². The van der Waals surface area contributed by atoms with Gasteiger partial charge in [0.15, 0.2) is 5.78 Å². The Morgan fingerprint density at radius 3 is 2.43 bits per heavy atom. The van der Waals surface area contributed by atoms with Gasteiger partial charge in [0.05, 0.1) is 0 Å². The molecule has 0 radical (unpaired) electrons. The number of benzene rings is 2. The summed E-state index contributed by atoms with van der Waals surface area (Å²) in [7, 11) is 0. The van der Waals surface area contributed by atoms with Crippen LogP contribution in [0.3, 0.4) is 0 Å². The van der Waals surface area contributed by atoms with Gasteiger partial charge in [-0.25, -0.2) is 4.39 Å². The molecule has 0 heterocycles. The summed E-state index contributed by atoms with van der Waals surface area (Å²) in [4.78, 5) is 37.8. The van der Waals surface area contributed by atoms with Crippen molar-refractivity contribution in [2.75, 3.05) is 0 Å². The maximum absolute atomic E-state index is 13.2. The minimum atomic E-state index is -0.776. The van der Waals surface area contributed by atoms with Crippen molar-refractivity contribution in [3.63, 3.8) is 0 Å². The zero-order chi connectivity index (χ0) is 20.4. The molecule has 2 unspecified atom stereocenters. The number of amides is 1. The predicted octanol–water partition coefficient (Wildman–Crippen LogP) is 3.70. The highest BCUT2D eigenvalue weighted by Crippen LogP contribution is 2.37. The number of carbonyl (C=O) groups is 3. The summed E-state index contributed by atoms with van der Waals surface area (Å²) in [5.41, 5.74) is 4.37. The van der Waals surface area contributed by atoms with E-state index in [0.29, 0.717) is 5.56 Å². The monoisotopic (exact) mass is 381 g/mol. The van der Waals surface area contributed by atoms with Gasteiger partial charge in [-0.05, 0) is 55.2 Å². The molecule has 2 atom stereocenters. The van der Waals surface area contributed by atoms with E-state index in [1.54, 1.807) is 12.1 Å². The smallest absolute Gasteiger partial charge is 0.221 e. The second-order valence-electron chi connectivity index (χ2n) is 7.63. The fraction of sp³-hybridized carbons (Fsp3) is 0.348. The number of Topliss-reactive ketones (excluding diaryl/α,β-unsaturated/α-hetero) is 2. The Morgan fingerprint density at radius 1 is 1.11 bits per heavy atom. The summed E-state index contributed by atoms with van der Waals surface area (Å²) in [6.45, 7) is 5.99. The van der Waals surface area contributed by atoms with Crippen LogP contribution in [0.1, 0.15) is 46.6 Å². The molecule has 1 aliphatic carbocycles. The number of halogens is 1. The molecule has 1 fully saturated rings. The Labute approximate surface area is 164 Å². The molecule has 1 amide bonds. The van der Waals surface area contributed by atoms with E-state index in [1.165, 1.54) is 12.1 Å². The Kier molecular flexibility index (Phi) is 5.73. The van der Waals surface area contributed by atoms with E-state index in [0.717, 1.165) is 22.3 Å². The van der Waals surface area contributed by atoms with Crippen molar-refractivity contribution in [3.05, 3.63) is 70.0 Å². The molecule has 1 N–H and O–H groups in total. The van der Waals surface area contributed by atoms with Crippen molar-refractivity contribution in [2.24, 2.45) is 5.92 Å². The van der Waals surface area contributed by atoms with Crippen molar-refractivity contribution < 1.29 is 18.8 Å². The van der Waals surface area contributed by atoms with E-state index >= 15 is 0 Å². The molecule has 0 spiro atoms. The summed E-state index contributed by atoms with van der Waals surface area (Å²) in [5, 5.41) is 2.70. The lowest BCUT2D eigenvalue weighted by molar-refractivity contribution is -0.128. The summed E-state index contributed by atoms with van der Waals surface area (Å²) >= 11 is 0. The molecule has 28 heavy (non-hydrogen) atoms. The topological polar surface area (TPSA) is 63.2 Å². The van der Waals surface area contributed by atoms with E-state index in [4.69, 9.17) is 0 Å². The van der Waals surface area contributed by atoms with E-state index < -0.39 is 11.8 Å². The molecule has 4 nitrogen and oxygen atoms in total. The molecule has 2 aromatic carbocycles. The quantitative estimate of drug-likeness (QED) is 0.804. The van der Waals surface area contributed by atoms with Crippen LogP contribution >= 0.6 is 0 Å². The van der Waals surface area contributed by atoms with E-state index in [9.17, 15) is 18.8 Å². The van der Waals surface area contributed by atoms with E-state index in [1.807, 2.05) is 32.9 Å². The third-order valence-electron chi connectivity index (χ3n) is 5.29. The van der Waals surface area contributed by atoms with Crippen LogP contribution in [0.15, 0.2) is 36.4 Å². The Morgan fingerprint density at radius 2 is 1.79 bits per heavy atom. The normalized spacial score (nSPS) is 19.1. The minimum absolute atomic E-state index is 0.0274. The Hall–Kier alpha value is -2.82. The molecule has 0 saturated heterocycles. The van der Waals surface area contributed by atoms with E-state index in [-0.39, 0.29) is 42.7 Å². The van der Waals surface area contributed by atoms with Gasteiger partial charge in [0.1, 0.15) is 17.5 Å². The van der Waals surface area contributed by atoms with Crippen LogP contribution in [0.2, 0.25) is 0 Å². The van der Waals surface area contributed by atoms with Crippen molar-refractivity contribution in [1.82, 2.24) is 5.32 Å². The van der Waals surface area contributed by atoms with Gasteiger partial charge in [-0.1, -0.05) is 29.8 Å². The van der Waals surface area contributed by atoms with Crippen molar-refractivity contribution in [1.29, 1.82) is 0 Å². The highest BCUT2D eigenvalue weighted by Gasteiger charge is 2.43. The van der Waals surface area contributed by atoms with Crippen LogP contribution < -0.4 is 5.32 Å². The third kappa shape index (κ3) is 4.19. The standard InChI is InChI=1S/C23H24FNO3/c1-13-7-14(2)21(15(3)8-13)22-19(26)10-17(23(22)28)11-20(27)25-12-16-5-4-6-18(24)9-16/h4-9,17,22H,10-12H2,1-3H3,(H,25,27).